The van der Waals surface area contributed by atoms with Crippen LogP contribution in [0.2, 0.25) is 0 Å². The summed E-state index contributed by atoms with van der Waals surface area (Å²) in [5, 5.41) is 3.31. The number of piperazine rings is 1. The van der Waals surface area contributed by atoms with Crippen molar-refractivity contribution < 1.29 is 9.53 Å². The van der Waals surface area contributed by atoms with Gasteiger partial charge in [0.05, 0.1) is 6.61 Å². The third-order valence-corrected chi connectivity index (χ3v) is 4.20. The van der Waals surface area contributed by atoms with Gasteiger partial charge in [-0.25, -0.2) is 4.79 Å². The van der Waals surface area contributed by atoms with E-state index >= 15 is 0 Å². The number of rotatable bonds is 5. The van der Waals surface area contributed by atoms with Crippen LogP contribution < -0.4 is 5.32 Å². The van der Waals surface area contributed by atoms with Gasteiger partial charge in [-0.05, 0) is 30.9 Å². The molecule has 20 heavy (non-hydrogen) atoms. The maximum absolute atomic E-state index is 12.3. The standard InChI is InChI=1S/C15H22N2O2S/c1-3-19-15(18)14(17-10-8-16-9-11-17)12-4-6-13(20-2)7-5-12/h4-7,14,16H,3,8-11H2,1-2H3. The van der Waals surface area contributed by atoms with Crippen molar-refractivity contribution in [3.8, 4) is 0 Å². The number of carbonyl (C=O) groups is 1. The van der Waals surface area contributed by atoms with Crippen molar-refractivity contribution in [1.29, 1.82) is 0 Å². The Balaban J connectivity index is 2.21. The highest BCUT2D eigenvalue weighted by molar-refractivity contribution is 7.98. The molecule has 1 saturated heterocycles. The lowest BCUT2D eigenvalue weighted by Gasteiger charge is -2.33. The normalized spacial score (nSPS) is 17.7. The number of thioether (sulfide) groups is 1. The van der Waals surface area contributed by atoms with Crippen LogP contribution in [-0.4, -0.2) is 49.9 Å². The number of esters is 1. The molecule has 1 N–H and O–H groups in total. The average Bonchev–Trinajstić information content (AvgIpc) is 2.50. The lowest BCUT2D eigenvalue weighted by atomic mass is 10.0. The summed E-state index contributed by atoms with van der Waals surface area (Å²) in [6.45, 7) is 5.84. The first-order valence-electron chi connectivity index (χ1n) is 7.01. The molecule has 5 heteroatoms. The van der Waals surface area contributed by atoms with E-state index in [2.05, 4.69) is 22.3 Å². The fourth-order valence-electron chi connectivity index (χ4n) is 2.44. The van der Waals surface area contributed by atoms with Crippen molar-refractivity contribution in [2.24, 2.45) is 0 Å². The molecule has 0 aromatic heterocycles. The van der Waals surface area contributed by atoms with Crippen LogP contribution in [0, 0.1) is 0 Å². The topological polar surface area (TPSA) is 41.6 Å². The molecule has 0 amide bonds. The highest BCUT2D eigenvalue weighted by Crippen LogP contribution is 2.25. The van der Waals surface area contributed by atoms with Gasteiger partial charge >= 0.3 is 5.97 Å². The Morgan fingerprint density at radius 1 is 1.35 bits per heavy atom. The van der Waals surface area contributed by atoms with Gasteiger partial charge in [0.2, 0.25) is 0 Å². The molecule has 1 unspecified atom stereocenters. The first kappa shape index (κ1) is 15.4. The van der Waals surface area contributed by atoms with Crippen molar-refractivity contribution in [2.75, 3.05) is 39.0 Å². The van der Waals surface area contributed by atoms with Crippen LogP contribution >= 0.6 is 11.8 Å². The second kappa shape index (κ2) is 7.67. The summed E-state index contributed by atoms with van der Waals surface area (Å²) >= 11 is 1.70. The highest BCUT2D eigenvalue weighted by Gasteiger charge is 2.29. The maximum Gasteiger partial charge on any atom is 0.328 e. The number of benzene rings is 1. The molecule has 4 nitrogen and oxygen atoms in total. The van der Waals surface area contributed by atoms with E-state index in [-0.39, 0.29) is 12.0 Å². The van der Waals surface area contributed by atoms with Gasteiger partial charge in [0.15, 0.2) is 0 Å². The van der Waals surface area contributed by atoms with Gasteiger partial charge in [-0.1, -0.05) is 12.1 Å². The summed E-state index contributed by atoms with van der Waals surface area (Å²) < 4.78 is 5.26. The Hall–Kier alpha value is -1.04. The van der Waals surface area contributed by atoms with Crippen LogP contribution in [0.5, 0.6) is 0 Å². The van der Waals surface area contributed by atoms with Gasteiger partial charge in [-0.15, -0.1) is 11.8 Å². The number of hydrogen-bond acceptors (Lipinski definition) is 5. The Labute approximate surface area is 124 Å². The molecule has 0 saturated carbocycles. The van der Waals surface area contributed by atoms with E-state index in [0.717, 1.165) is 31.7 Å². The first-order valence-corrected chi connectivity index (χ1v) is 8.24. The summed E-state index contributed by atoms with van der Waals surface area (Å²) in [5.41, 5.74) is 1.02. The van der Waals surface area contributed by atoms with E-state index in [9.17, 15) is 4.79 Å². The van der Waals surface area contributed by atoms with Crippen molar-refractivity contribution >= 4 is 17.7 Å². The van der Waals surface area contributed by atoms with Crippen molar-refractivity contribution in [3.05, 3.63) is 29.8 Å². The fourth-order valence-corrected chi connectivity index (χ4v) is 2.85. The van der Waals surface area contributed by atoms with Crippen molar-refractivity contribution in [2.45, 2.75) is 17.9 Å². The second-order valence-electron chi connectivity index (χ2n) is 4.71. The summed E-state index contributed by atoms with van der Waals surface area (Å²) in [5.74, 6) is -0.147. The average molecular weight is 294 g/mol. The number of carbonyl (C=O) groups excluding carboxylic acids is 1. The van der Waals surface area contributed by atoms with Gasteiger partial charge in [0.1, 0.15) is 6.04 Å². The van der Waals surface area contributed by atoms with E-state index in [0.29, 0.717) is 6.61 Å². The summed E-state index contributed by atoms with van der Waals surface area (Å²) in [7, 11) is 0. The lowest BCUT2D eigenvalue weighted by Crippen LogP contribution is -2.47. The van der Waals surface area contributed by atoms with Gasteiger partial charge in [0, 0.05) is 31.1 Å². The van der Waals surface area contributed by atoms with Crippen LogP contribution in [0.15, 0.2) is 29.2 Å². The smallest absolute Gasteiger partial charge is 0.328 e. The maximum atomic E-state index is 12.3. The molecule has 0 spiro atoms. The molecule has 1 fully saturated rings. The third-order valence-electron chi connectivity index (χ3n) is 3.46. The largest absolute Gasteiger partial charge is 0.465 e. The molecule has 1 heterocycles. The summed E-state index contributed by atoms with van der Waals surface area (Å²) in [4.78, 5) is 15.7. The van der Waals surface area contributed by atoms with Gasteiger partial charge in [0.25, 0.3) is 0 Å². The molecule has 1 atom stereocenters. The molecular weight excluding hydrogens is 272 g/mol. The quantitative estimate of drug-likeness (QED) is 0.664. The van der Waals surface area contributed by atoms with Gasteiger partial charge < -0.3 is 10.1 Å². The minimum absolute atomic E-state index is 0.147. The second-order valence-corrected chi connectivity index (χ2v) is 5.59. The number of hydrogen-bond donors (Lipinski definition) is 1. The molecule has 0 bridgehead atoms. The van der Waals surface area contributed by atoms with Crippen LogP contribution in [-0.2, 0) is 9.53 Å². The predicted octanol–water partition coefficient (Wildman–Crippen LogP) is 1.92. The van der Waals surface area contributed by atoms with Crippen molar-refractivity contribution in [1.82, 2.24) is 10.2 Å². The summed E-state index contributed by atoms with van der Waals surface area (Å²) in [6.07, 6.45) is 2.05. The molecule has 1 aromatic rings. The molecule has 1 aliphatic rings. The molecule has 110 valence electrons. The molecule has 1 aliphatic heterocycles. The van der Waals surface area contributed by atoms with Gasteiger partial charge in [-0.2, -0.15) is 0 Å². The van der Waals surface area contributed by atoms with E-state index in [1.54, 1.807) is 11.8 Å². The molecule has 1 aromatic carbocycles. The first-order chi connectivity index (χ1) is 9.76. The van der Waals surface area contributed by atoms with Crippen LogP contribution in [0.1, 0.15) is 18.5 Å². The van der Waals surface area contributed by atoms with Gasteiger partial charge in [-0.3, -0.25) is 4.90 Å². The van der Waals surface area contributed by atoms with Crippen LogP contribution in [0.4, 0.5) is 0 Å². The predicted molar refractivity (Wildman–Crippen MR) is 82.0 cm³/mol. The summed E-state index contributed by atoms with van der Waals surface area (Å²) in [6, 6.07) is 7.92. The lowest BCUT2D eigenvalue weighted by molar-refractivity contribution is -0.150. The Morgan fingerprint density at radius 3 is 2.55 bits per heavy atom. The minimum Gasteiger partial charge on any atom is -0.465 e. The van der Waals surface area contributed by atoms with Crippen molar-refractivity contribution in [3.63, 3.8) is 0 Å². The fraction of sp³-hybridized carbons (Fsp3) is 0.533. The zero-order chi connectivity index (χ0) is 14.4. The molecule has 0 radical (unpaired) electrons. The Kier molecular flexibility index (Phi) is 5.88. The molecule has 2 rings (SSSR count). The third kappa shape index (κ3) is 3.75. The minimum atomic E-state index is -0.284. The van der Waals surface area contributed by atoms with Crippen LogP contribution in [0.25, 0.3) is 0 Å². The van der Waals surface area contributed by atoms with E-state index in [1.807, 2.05) is 25.3 Å². The molecular formula is C15H22N2O2S. The Bertz CT molecular complexity index is 430. The van der Waals surface area contributed by atoms with E-state index < -0.39 is 0 Å². The molecule has 0 aliphatic carbocycles. The highest BCUT2D eigenvalue weighted by atomic mass is 32.2. The zero-order valence-electron chi connectivity index (χ0n) is 12.1. The number of nitrogens with one attached hydrogen (secondary N) is 1. The SMILES string of the molecule is CCOC(=O)C(c1ccc(SC)cc1)N1CCNCC1. The Morgan fingerprint density at radius 2 is 2.00 bits per heavy atom. The number of ether oxygens (including phenoxy) is 1. The number of nitrogens with zero attached hydrogens (tertiary/aromatic N) is 1. The zero-order valence-corrected chi connectivity index (χ0v) is 12.9. The van der Waals surface area contributed by atoms with Crippen LogP contribution in [0.3, 0.4) is 0 Å². The monoisotopic (exact) mass is 294 g/mol. The van der Waals surface area contributed by atoms with E-state index in [1.165, 1.54) is 4.90 Å². The van der Waals surface area contributed by atoms with E-state index in [4.69, 9.17) is 4.74 Å².